The summed E-state index contributed by atoms with van der Waals surface area (Å²) in [7, 11) is 0. The third-order valence-corrected chi connectivity index (χ3v) is 3.77. The zero-order valence-corrected chi connectivity index (χ0v) is 12.1. The summed E-state index contributed by atoms with van der Waals surface area (Å²) in [5, 5.41) is 14.5. The van der Waals surface area contributed by atoms with Crippen molar-refractivity contribution in [2.45, 2.75) is 45.6 Å². The summed E-state index contributed by atoms with van der Waals surface area (Å²) in [4.78, 5) is 10.8. The molecule has 110 valence electrons. The Kier molecular flexibility index (Phi) is 4.82. The van der Waals surface area contributed by atoms with E-state index in [2.05, 4.69) is 12.2 Å². The minimum atomic E-state index is -0.343. The van der Waals surface area contributed by atoms with Gasteiger partial charge < -0.3 is 10.1 Å². The zero-order valence-electron chi connectivity index (χ0n) is 12.1. The molecule has 0 aromatic heterocycles. The Morgan fingerprint density at radius 3 is 2.90 bits per heavy atom. The van der Waals surface area contributed by atoms with E-state index in [9.17, 15) is 10.1 Å². The number of nitro benzene ring substituents is 1. The molecule has 20 heavy (non-hydrogen) atoms. The Morgan fingerprint density at radius 2 is 2.25 bits per heavy atom. The maximum atomic E-state index is 11.1. The van der Waals surface area contributed by atoms with Crippen LogP contribution in [0.1, 0.15) is 39.5 Å². The highest BCUT2D eigenvalue weighted by Crippen LogP contribution is 2.32. The second-order valence-corrected chi connectivity index (χ2v) is 5.48. The van der Waals surface area contributed by atoms with Crippen molar-refractivity contribution in [1.82, 2.24) is 0 Å². The van der Waals surface area contributed by atoms with Crippen LogP contribution in [0.4, 0.5) is 11.4 Å². The monoisotopic (exact) mass is 278 g/mol. The SMILES string of the molecule is CCOc1ccc([N+](=O)[O-])c(NC2CCCC(C)C2)c1. The van der Waals surface area contributed by atoms with Crippen LogP contribution in [0.2, 0.25) is 0 Å². The van der Waals surface area contributed by atoms with E-state index in [-0.39, 0.29) is 10.6 Å². The first-order chi connectivity index (χ1) is 9.60. The molecule has 2 unspecified atom stereocenters. The summed E-state index contributed by atoms with van der Waals surface area (Å²) in [5.41, 5.74) is 0.687. The highest BCUT2D eigenvalue weighted by atomic mass is 16.6. The van der Waals surface area contributed by atoms with Gasteiger partial charge in [-0.05, 0) is 31.7 Å². The number of nitro groups is 1. The predicted molar refractivity (Wildman–Crippen MR) is 79.3 cm³/mol. The molecule has 0 bridgehead atoms. The average Bonchev–Trinajstić information content (AvgIpc) is 2.39. The van der Waals surface area contributed by atoms with Gasteiger partial charge in [0.25, 0.3) is 5.69 Å². The van der Waals surface area contributed by atoms with Crippen molar-refractivity contribution in [3.63, 3.8) is 0 Å². The summed E-state index contributed by atoms with van der Waals surface area (Å²) in [6, 6.07) is 5.21. The summed E-state index contributed by atoms with van der Waals surface area (Å²) >= 11 is 0. The van der Waals surface area contributed by atoms with Gasteiger partial charge in [0.15, 0.2) is 0 Å². The van der Waals surface area contributed by atoms with Crippen LogP contribution in [0.3, 0.4) is 0 Å². The normalized spacial score (nSPS) is 22.3. The Labute approximate surface area is 119 Å². The fraction of sp³-hybridized carbons (Fsp3) is 0.600. The third kappa shape index (κ3) is 3.62. The predicted octanol–water partition coefficient (Wildman–Crippen LogP) is 3.98. The molecular weight excluding hydrogens is 256 g/mol. The van der Waals surface area contributed by atoms with Gasteiger partial charge >= 0.3 is 0 Å². The van der Waals surface area contributed by atoms with Crippen LogP contribution in [0.5, 0.6) is 5.75 Å². The number of ether oxygens (including phenoxy) is 1. The molecule has 0 amide bonds. The van der Waals surface area contributed by atoms with Crippen LogP contribution >= 0.6 is 0 Å². The first kappa shape index (κ1) is 14.6. The minimum Gasteiger partial charge on any atom is -0.494 e. The number of nitrogens with zero attached hydrogens (tertiary/aromatic N) is 1. The minimum absolute atomic E-state index is 0.117. The van der Waals surface area contributed by atoms with Gasteiger partial charge in [-0.3, -0.25) is 10.1 Å². The van der Waals surface area contributed by atoms with E-state index in [0.717, 1.165) is 12.8 Å². The number of hydrogen-bond acceptors (Lipinski definition) is 4. The van der Waals surface area contributed by atoms with Gasteiger partial charge in [0, 0.05) is 18.2 Å². The van der Waals surface area contributed by atoms with Gasteiger partial charge in [-0.1, -0.05) is 19.8 Å². The second-order valence-electron chi connectivity index (χ2n) is 5.48. The van der Waals surface area contributed by atoms with Crippen molar-refractivity contribution in [1.29, 1.82) is 0 Å². The van der Waals surface area contributed by atoms with Crippen molar-refractivity contribution in [2.75, 3.05) is 11.9 Å². The lowest BCUT2D eigenvalue weighted by Crippen LogP contribution is -2.26. The Balaban J connectivity index is 2.18. The lowest BCUT2D eigenvalue weighted by molar-refractivity contribution is -0.384. The van der Waals surface area contributed by atoms with Crippen LogP contribution in [-0.2, 0) is 0 Å². The van der Waals surface area contributed by atoms with E-state index in [1.54, 1.807) is 12.1 Å². The van der Waals surface area contributed by atoms with Crippen LogP contribution in [0.15, 0.2) is 18.2 Å². The molecule has 1 aliphatic rings. The molecule has 0 spiro atoms. The van der Waals surface area contributed by atoms with E-state index in [1.165, 1.54) is 18.9 Å². The van der Waals surface area contributed by atoms with E-state index in [0.29, 0.717) is 30.0 Å². The van der Waals surface area contributed by atoms with E-state index >= 15 is 0 Å². The summed E-state index contributed by atoms with van der Waals surface area (Å²) in [6.45, 7) is 4.69. The molecule has 2 rings (SSSR count). The molecule has 2 atom stereocenters. The molecule has 0 saturated heterocycles. The van der Waals surface area contributed by atoms with Crippen molar-refractivity contribution in [3.8, 4) is 5.75 Å². The second kappa shape index (κ2) is 6.59. The van der Waals surface area contributed by atoms with Gasteiger partial charge in [-0.25, -0.2) is 0 Å². The van der Waals surface area contributed by atoms with Crippen molar-refractivity contribution >= 4 is 11.4 Å². The maximum absolute atomic E-state index is 11.1. The molecule has 1 aromatic rings. The maximum Gasteiger partial charge on any atom is 0.292 e. The summed E-state index contributed by atoms with van der Waals surface area (Å²) in [5.74, 6) is 1.35. The van der Waals surface area contributed by atoms with Crippen LogP contribution in [-0.4, -0.2) is 17.6 Å². The number of anilines is 1. The molecule has 5 heteroatoms. The highest BCUT2D eigenvalue weighted by Gasteiger charge is 2.22. The van der Waals surface area contributed by atoms with Gasteiger partial charge in [0.2, 0.25) is 0 Å². The molecular formula is C15H22N2O3. The molecule has 0 radical (unpaired) electrons. The lowest BCUT2D eigenvalue weighted by atomic mass is 9.87. The Bertz CT molecular complexity index is 476. The molecule has 1 aliphatic carbocycles. The van der Waals surface area contributed by atoms with E-state index in [4.69, 9.17) is 4.74 Å². The summed E-state index contributed by atoms with van der Waals surface area (Å²) < 4.78 is 5.43. The van der Waals surface area contributed by atoms with E-state index in [1.807, 2.05) is 6.92 Å². The van der Waals surface area contributed by atoms with Crippen molar-refractivity contribution < 1.29 is 9.66 Å². The standard InChI is InChI=1S/C15H22N2O3/c1-3-20-13-7-8-15(17(18)19)14(10-13)16-12-6-4-5-11(2)9-12/h7-8,10-12,16H,3-6,9H2,1-2H3. The van der Waals surface area contributed by atoms with Crippen molar-refractivity contribution in [2.24, 2.45) is 5.92 Å². The number of benzene rings is 1. The van der Waals surface area contributed by atoms with E-state index < -0.39 is 0 Å². The molecule has 0 aliphatic heterocycles. The van der Waals surface area contributed by atoms with Gasteiger partial charge in [-0.15, -0.1) is 0 Å². The third-order valence-electron chi connectivity index (χ3n) is 3.77. The molecule has 5 nitrogen and oxygen atoms in total. The quantitative estimate of drug-likeness (QED) is 0.653. The number of nitrogens with one attached hydrogen (secondary N) is 1. The summed E-state index contributed by atoms with van der Waals surface area (Å²) in [6.07, 6.45) is 4.56. The van der Waals surface area contributed by atoms with Crippen LogP contribution in [0, 0.1) is 16.0 Å². The van der Waals surface area contributed by atoms with Crippen molar-refractivity contribution in [3.05, 3.63) is 28.3 Å². The molecule has 1 N–H and O–H groups in total. The van der Waals surface area contributed by atoms with Crippen LogP contribution < -0.4 is 10.1 Å². The highest BCUT2D eigenvalue weighted by molar-refractivity contribution is 5.64. The number of hydrogen-bond donors (Lipinski definition) is 1. The Morgan fingerprint density at radius 1 is 1.45 bits per heavy atom. The van der Waals surface area contributed by atoms with Gasteiger partial charge in [0.05, 0.1) is 11.5 Å². The number of rotatable bonds is 5. The zero-order chi connectivity index (χ0) is 14.5. The topological polar surface area (TPSA) is 64.4 Å². The lowest BCUT2D eigenvalue weighted by Gasteiger charge is -2.28. The van der Waals surface area contributed by atoms with Crippen LogP contribution in [0.25, 0.3) is 0 Å². The molecule has 1 aromatic carbocycles. The fourth-order valence-corrected chi connectivity index (χ4v) is 2.83. The first-order valence-electron chi connectivity index (χ1n) is 7.28. The average molecular weight is 278 g/mol. The molecule has 0 heterocycles. The Hall–Kier alpha value is -1.78. The first-order valence-corrected chi connectivity index (χ1v) is 7.28. The largest absolute Gasteiger partial charge is 0.494 e. The molecule has 1 saturated carbocycles. The van der Waals surface area contributed by atoms with Gasteiger partial charge in [-0.2, -0.15) is 0 Å². The molecule has 1 fully saturated rings. The fourth-order valence-electron chi connectivity index (χ4n) is 2.83. The van der Waals surface area contributed by atoms with Gasteiger partial charge in [0.1, 0.15) is 11.4 Å². The smallest absolute Gasteiger partial charge is 0.292 e.